The molecule has 0 bridgehead atoms. The molecule has 136 valence electrons. The minimum atomic E-state index is -0.412. The zero-order valence-corrected chi connectivity index (χ0v) is 15.5. The molecule has 0 saturated carbocycles. The van der Waals surface area contributed by atoms with E-state index >= 15 is 0 Å². The number of hydrazine groups is 1. The molecule has 1 rings (SSSR count). The maximum Gasteiger partial charge on any atom is 0.269 e. The van der Waals surface area contributed by atoms with Crippen molar-refractivity contribution in [2.24, 2.45) is 5.92 Å². The second-order valence-electron chi connectivity index (χ2n) is 5.78. The Morgan fingerprint density at radius 3 is 2.28 bits per heavy atom. The molecule has 0 atom stereocenters. The molecule has 0 spiro atoms. The molecule has 8 heteroatoms. The average Bonchev–Trinajstić information content (AvgIpc) is 2.58. The third-order valence-electron chi connectivity index (χ3n) is 3.24. The van der Waals surface area contributed by atoms with Crippen LogP contribution < -0.4 is 21.5 Å². The quantitative estimate of drug-likeness (QED) is 0.458. The zero-order valence-electron chi connectivity index (χ0n) is 14.6. The van der Waals surface area contributed by atoms with E-state index < -0.39 is 5.91 Å². The van der Waals surface area contributed by atoms with Gasteiger partial charge in [-0.05, 0) is 42.9 Å². The Balaban J connectivity index is 2.47. The summed E-state index contributed by atoms with van der Waals surface area (Å²) in [5.74, 6) is -0.914. The van der Waals surface area contributed by atoms with Crippen molar-refractivity contribution in [2.45, 2.75) is 40.0 Å². The lowest BCUT2D eigenvalue weighted by Gasteiger charge is -2.12. The number of rotatable bonds is 6. The van der Waals surface area contributed by atoms with Crippen LogP contribution in [0.2, 0.25) is 0 Å². The maximum absolute atomic E-state index is 12.0. The summed E-state index contributed by atoms with van der Waals surface area (Å²) in [4.78, 5) is 35.1. The average molecular weight is 364 g/mol. The van der Waals surface area contributed by atoms with Gasteiger partial charge >= 0.3 is 0 Å². The van der Waals surface area contributed by atoms with Gasteiger partial charge in [0.15, 0.2) is 5.11 Å². The van der Waals surface area contributed by atoms with E-state index in [0.717, 1.165) is 12.8 Å². The van der Waals surface area contributed by atoms with Crippen molar-refractivity contribution in [2.75, 3.05) is 5.32 Å². The molecular formula is C17H24N4O3S. The molecule has 0 aliphatic carbocycles. The summed E-state index contributed by atoms with van der Waals surface area (Å²) in [6.07, 6.45) is 2.27. The molecule has 0 aliphatic rings. The first kappa shape index (κ1) is 20.6. The molecule has 1 aromatic rings. The Kier molecular flexibility index (Phi) is 8.55. The SMILES string of the molecule is CCCCC(=O)Nc1ccc(C(=O)NNC(=S)NC(=O)C(C)C)cc1. The lowest BCUT2D eigenvalue weighted by Crippen LogP contribution is -2.49. The van der Waals surface area contributed by atoms with Crippen LogP contribution in [0.3, 0.4) is 0 Å². The van der Waals surface area contributed by atoms with Gasteiger partial charge in [-0.15, -0.1) is 0 Å². The number of carbonyl (C=O) groups is 3. The van der Waals surface area contributed by atoms with Gasteiger partial charge in [-0.3, -0.25) is 25.2 Å². The number of benzene rings is 1. The second kappa shape index (κ2) is 10.4. The van der Waals surface area contributed by atoms with Crippen LogP contribution in [0.4, 0.5) is 5.69 Å². The van der Waals surface area contributed by atoms with Gasteiger partial charge in [-0.2, -0.15) is 0 Å². The van der Waals surface area contributed by atoms with Crippen LogP contribution in [0.5, 0.6) is 0 Å². The lowest BCUT2D eigenvalue weighted by atomic mass is 10.2. The minimum absolute atomic E-state index is 0.0202. The number of unbranched alkanes of at least 4 members (excludes halogenated alkanes) is 1. The summed E-state index contributed by atoms with van der Waals surface area (Å²) in [6, 6.07) is 6.47. The number of amides is 3. The largest absolute Gasteiger partial charge is 0.326 e. The normalized spacial score (nSPS) is 10.1. The molecular weight excluding hydrogens is 340 g/mol. The van der Waals surface area contributed by atoms with E-state index in [1.165, 1.54) is 0 Å². The first-order valence-corrected chi connectivity index (χ1v) is 8.55. The number of nitrogens with one attached hydrogen (secondary N) is 4. The van der Waals surface area contributed by atoms with E-state index in [0.29, 0.717) is 17.7 Å². The van der Waals surface area contributed by atoms with E-state index in [9.17, 15) is 14.4 Å². The van der Waals surface area contributed by atoms with Crippen molar-refractivity contribution in [3.05, 3.63) is 29.8 Å². The Labute approximate surface area is 152 Å². The van der Waals surface area contributed by atoms with Crippen molar-refractivity contribution in [3.63, 3.8) is 0 Å². The van der Waals surface area contributed by atoms with E-state index in [1.54, 1.807) is 38.1 Å². The molecule has 1 aromatic carbocycles. The van der Waals surface area contributed by atoms with Gasteiger partial charge in [0.05, 0.1) is 0 Å². The molecule has 0 saturated heterocycles. The highest BCUT2D eigenvalue weighted by Gasteiger charge is 2.10. The summed E-state index contributed by atoms with van der Waals surface area (Å²) in [7, 11) is 0. The van der Waals surface area contributed by atoms with Gasteiger partial charge in [-0.25, -0.2) is 0 Å². The van der Waals surface area contributed by atoms with Crippen LogP contribution in [-0.4, -0.2) is 22.8 Å². The topological polar surface area (TPSA) is 99.3 Å². The Bertz CT molecular complexity index is 629. The van der Waals surface area contributed by atoms with Gasteiger partial charge < -0.3 is 10.6 Å². The molecule has 3 amide bonds. The van der Waals surface area contributed by atoms with Crippen LogP contribution in [-0.2, 0) is 9.59 Å². The van der Waals surface area contributed by atoms with Gasteiger partial charge in [-0.1, -0.05) is 27.2 Å². The molecule has 0 fully saturated rings. The number of carbonyl (C=O) groups excluding carboxylic acids is 3. The predicted octanol–water partition coefficient (Wildman–Crippen LogP) is 2.11. The third kappa shape index (κ3) is 7.75. The number of thiocarbonyl (C=S) groups is 1. The molecule has 0 aromatic heterocycles. The van der Waals surface area contributed by atoms with Crippen LogP contribution in [0.1, 0.15) is 50.4 Å². The summed E-state index contributed by atoms with van der Waals surface area (Å²) >= 11 is 4.92. The van der Waals surface area contributed by atoms with E-state index in [-0.39, 0.29) is 22.8 Å². The predicted molar refractivity (Wildman–Crippen MR) is 101 cm³/mol. The molecule has 0 heterocycles. The third-order valence-corrected chi connectivity index (χ3v) is 3.44. The number of hydrogen-bond donors (Lipinski definition) is 4. The first-order chi connectivity index (χ1) is 11.8. The summed E-state index contributed by atoms with van der Waals surface area (Å²) in [5, 5.41) is 5.24. The Hall–Kier alpha value is -2.48. The summed E-state index contributed by atoms with van der Waals surface area (Å²) in [5.41, 5.74) is 5.88. The summed E-state index contributed by atoms with van der Waals surface area (Å²) < 4.78 is 0. The standard InChI is InChI=1S/C17H24N4O3S/c1-4-5-6-14(22)18-13-9-7-12(8-10-13)16(24)20-21-17(25)19-15(23)11(2)3/h7-11H,4-6H2,1-3H3,(H,18,22)(H,20,24)(H2,19,21,23,25). The highest BCUT2D eigenvalue weighted by atomic mass is 32.1. The number of hydrogen-bond acceptors (Lipinski definition) is 4. The molecule has 0 radical (unpaired) electrons. The fraction of sp³-hybridized carbons (Fsp3) is 0.412. The van der Waals surface area contributed by atoms with Crippen LogP contribution in [0, 0.1) is 5.92 Å². The summed E-state index contributed by atoms with van der Waals surface area (Å²) in [6.45, 7) is 5.49. The first-order valence-electron chi connectivity index (χ1n) is 8.14. The van der Waals surface area contributed by atoms with Gasteiger partial charge in [0.25, 0.3) is 5.91 Å². The van der Waals surface area contributed by atoms with Gasteiger partial charge in [0.2, 0.25) is 11.8 Å². The lowest BCUT2D eigenvalue weighted by molar-refractivity contribution is -0.122. The highest BCUT2D eigenvalue weighted by Crippen LogP contribution is 2.10. The minimum Gasteiger partial charge on any atom is -0.326 e. The van der Waals surface area contributed by atoms with Crippen LogP contribution >= 0.6 is 12.2 Å². The maximum atomic E-state index is 12.0. The van der Waals surface area contributed by atoms with Crippen molar-refractivity contribution < 1.29 is 14.4 Å². The second-order valence-corrected chi connectivity index (χ2v) is 6.19. The van der Waals surface area contributed by atoms with Gasteiger partial charge in [0.1, 0.15) is 0 Å². The highest BCUT2D eigenvalue weighted by molar-refractivity contribution is 7.80. The smallest absolute Gasteiger partial charge is 0.269 e. The van der Waals surface area contributed by atoms with Crippen molar-refractivity contribution in [1.82, 2.24) is 16.2 Å². The van der Waals surface area contributed by atoms with Crippen molar-refractivity contribution in [3.8, 4) is 0 Å². The Morgan fingerprint density at radius 2 is 1.72 bits per heavy atom. The monoisotopic (exact) mass is 364 g/mol. The molecule has 4 N–H and O–H groups in total. The van der Waals surface area contributed by atoms with E-state index in [2.05, 4.69) is 21.5 Å². The fourth-order valence-corrected chi connectivity index (χ4v) is 1.89. The van der Waals surface area contributed by atoms with Crippen LogP contribution in [0.25, 0.3) is 0 Å². The van der Waals surface area contributed by atoms with Crippen molar-refractivity contribution >= 4 is 40.7 Å². The van der Waals surface area contributed by atoms with Crippen LogP contribution in [0.15, 0.2) is 24.3 Å². The van der Waals surface area contributed by atoms with E-state index in [4.69, 9.17) is 12.2 Å². The van der Waals surface area contributed by atoms with Crippen molar-refractivity contribution in [1.29, 1.82) is 0 Å². The van der Waals surface area contributed by atoms with Gasteiger partial charge in [0, 0.05) is 23.6 Å². The number of anilines is 1. The molecule has 0 aliphatic heterocycles. The van der Waals surface area contributed by atoms with E-state index in [1.807, 2.05) is 6.92 Å². The fourth-order valence-electron chi connectivity index (χ4n) is 1.74. The zero-order chi connectivity index (χ0) is 18.8. The Morgan fingerprint density at radius 1 is 1.08 bits per heavy atom. The molecule has 7 nitrogen and oxygen atoms in total. The molecule has 25 heavy (non-hydrogen) atoms. The molecule has 0 unspecified atom stereocenters.